The lowest BCUT2D eigenvalue weighted by atomic mass is 10.2. The van der Waals surface area contributed by atoms with Crippen molar-refractivity contribution in [2.24, 2.45) is 5.10 Å². The van der Waals surface area contributed by atoms with Crippen molar-refractivity contribution < 1.29 is 9.47 Å². The molecule has 4 aromatic carbocycles. The number of benzene rings is 4. The number of hydrazone groups is 1. The lowest BCUT2D eigenvalue weighted by Gasteiger charge is -2.12. The van der Waals surface area contributed by atoms with Crippen LogP contribution in [0.2, 0.25) is 10.0 Å². The number of nitrogens with one attached hydrogen (secondary N) is 3. The molecule has 0 unspecified atom stereocenters. The highest BCUT2D eigenvalue weighted by atomic mass is 35.5. The number of para-hydroxylation sites is 2. The van der Waals surface area contributed by atoms with E-state index in [1.165, 1.54) is 0 Å². The van der Waals surface area contributed by atoms with E-state index in [-0.39, 0.29) is 12.6 Å². The van der Waals surface area contributed by atoms with Gasteiger partial charge in [-0.3, -0.25) is 0 Å². The number of rotatable bonds is 11. The Hall–Kier alpha value is -4.86. The van der Waals surface area contributed by atoms with E-state index in [0.29, 0.717) is 33.4 Å². The van der Waals surface area contributed by atoms with Gasteiger partial charge in [0.25, 0.3) is 0 Å². The van der Waals surface area contributed by atoms with E-state index in [0.717, 1.165) is 22.5 Å². The Morgan fingerprint density at radius 3 is 1.98 bits per heavy atom. The van der Waals surface area contributed by atoms with Crippen molar-refractivity contribution in [2.45, 2.75) is 6.61 Å². The van der Waals surface area contributed by atoms with E-state index < -0.39 is 0 Å². The molecule has 9 nitrogen and oxygen atoms in total. The number of nitrogens with zero attached hydrogens (tertiary/aromatic N) is 4. The summed E-state index contributed by atoms with van der Waals surface area (Å²) < 4.78 is 11.5. The molecule has 0 aliphatic rings. The molecule has 0 saturated carbocycles. The normalized spacial score (nSPS) is 10.8. The van der Waals surface area contributed by atoms with Gasteiger partial charge < -0.3 is 20.1 Å². The van der Waals surface area contributed by atoms with Gasteiger partial charge in [0, 0.05) is 27.0 Å². The summed E-state index contributed by atoms with van der Waals surface area (Å²) in [5.41, 5.74) is 6.12. The minimum absolute atomic E-state index is 0.241. The number of anilines is 5. The Bertz CT molecular complexity index is 1580. The zero-order valence-electron chi connectivity index (χ0n) is 21.9. The molecule has 0 aliphatic carbocycles. The van der Waals surface area contributed by atoms with Gasteiger partial charge in [-0.15, -0.1) is 0 Å². The molecular formula is C30H25Cl2N7O2. The first-order valence-electron chi connectivity index (χ1n) is 12.5. The SMILES string of the molecule is COc1ccc(/C=N/Nc2nc(Nc3ccccc3)nc(Nc3ccccc3)n2)cc1OCc1ccc(Cl)cc1Cl. The molecule has 0 saturated heterocycles. The summed E-state index contributed by atoms with van der Waals surface area (Å²) in [5, 5.41) is 11.8. The standard InChI is InChI=1S/C30H25Cl2N7O2/c1-40-26-15-12-20(16-27(26)41-19-21-13-14-22(31)17-25(21)32)18-33-39-30-37-28(34-23-8-4-2-5-9-23)36-29(38-30)35-24-10-6-3-7-11-24/h2-18H,19H2,1H3,(H3,34,35,36,37,38,39)/b33-18+. The van der Waals surface area contributed by atoms with E-state index in [1.54, 1.807) is 31.5 Å². The molecule has 0 fully saturated rings. The summed E-state index contributed by atoms with van der Waals surface area (Å²) in [6.07, 6.45) is 1.62. The minimum atomic E-state index is 0.241. The zero-order chi connectivity index (χ0) is 28.4. The van der Waals surface area contributed by atoms with Crippen LogP contribution in [0.25, 0.3) is 0 Å². The maximum Gasteiger partial charge on any atom is 0.250 e. The van der Waals surface area contributed by atoms with Crippen molar-refractivity contribution in [2.75, 3.05) is 23.2 Å². The van der Waals surface area contributed by atoms with E-state index >= 15 is 0 Å². The topological polar surface area (TPSA) is 106 Å². The molecule has 3 N–H and O–H groups in total. The van der Waals surface area contributed by atoms with Crippen LogP contribution >= 0.6 is 23.2 Å². The number of hydrogen-bond donors (Lipinski definition) is 3. The van der Waals surface area contributed by atoms with Crippen LogP contribution in [0.5, 0.6) is 11.5 Å². The third-order valence-electron chi connectivity index (χ3n) is 5.66. The van der Waals surface area contributed by atoms with Crippen molar-refractivity contribution in [3.63, 3.8) is 0 Å². The van der Waals surface area contributed by atoms with Crippen LogP contribution in [0.1, 0.15) is 11.1 Å². The Morgan fingerprint density at radius 2 is 1.37 bits per heavy atom. The Morgan fingerprint density at radius 1 is 0.732 bits per heavy atom. The van der Waals surface area contributed by atoms with Crippen LogP contribution < -0.4 is 25.5 Å². The smallest absolute Gasteiger partial charge is 0.250 e. The molecule has 0 atom stereocenters. The highest BCUT2D eigenvalue weighted by molar-refractivity contribution is 6.35. The molecular weight excluding hydrogens is 561 g/mol. The average molecular weight is 586 g/mol. The first-order chi connectivity index (χ1) is 20.1. The molecule has 5 rings (SSSR count). The largest absolute Gasteiger partial charge is 0.493 e. The molecule has 1 heterocycles. The van der Waals surface area contributed by atoms with Crippen LogP contribution in [-0.4, -0.2) is 28.3 Å². The third kappa shape index (κ3) is 7.84. The summed E-state index contributed by atoms with van der Waals surface area (Å²) in [6, 6.07) is 30.0. The molecule has 206 valence electrons. The van der Waals surface area contributed by atoms with Crippen molar-refractivity contribution in [3.05, 3.63) is 118 Å². The van der Waals surface area contributed by atoms with Crippen molar-refractivity contribution in [1.29, 1.82) is 0 Å². The zero-order valence-corrected chi connectivity index (χ0v) is 23.4. The fourth-order valence-electron chi connectivity index (χ4n) is 3.68. The lowest BCUT2D eigenvalue weighted by molar-refractivity contribution is 0.284. The molecule has 5 aromatic rings. The number of aromatic nitrogens is 3. The van der Waals surface area contributed by atoms with Gasteiger partial charge in [-0.1, -0.05) is 65.7 Å². The number of hydrogen-bond acceptors (Lipinski definition) is 9. The molecule has 0 spiro atoms. The molecule has 0 radical (unpaired) electrons. The van der Waals surface area contributed by atoms with E-state index in [1.807, 2.05) is 78.9 Å². The van der Waals surface area contributed by atoms with Crippen LogP contribution in [-0.2, 0) is 6.61 Å². The minimum Gasteiger partial charge on any atom is -0.493 e. The fourth-order valence-corrected chi connectivity index (χ4v) is 4.15. The molecule has 0 amide bonds. The predicted molar refractivity (Wildman–Crippen MR) is 164 cm³/mol. The second kappa shape index (κ2) is 13.5. The quantitative estimate of drug-likeness (QED) is 0.107. The summed E-state index contributed by atoms with van der Waals surface area (Å²) in [4.78, 5) is 13.4. The van der Waals surface area contributed by atoms with E-state index in [9.17, 15) is 0 Å². The van der Waals surface area contributed by atoms with Gasteiger partial charge in [-0.2, -0.15) is 20.1 Å². The summed E-state index contributed by atoms with van der Waals surface area (Å²) in [7, 11) is 1.58. The molecule has 11 heteroatoms. The van der Waals surface area contributed by atoms with E-state index in [2.05, 4.69) is 36.1 Å². The summed E-state index contributed by atoms with van der Waals surface area (Å²) in [5.74, 6) is 2.05. The predicted octanol–water partition coefficient (Wildman–Crippen LogP) is 7.70. The highest BCUT2D eigenvalue weighted by Gasteiger charge is 2.10. The number of methoxy groups -OCH3 is 1. The van der Waals surface area contributed by atoms with Crippen LogP contribution in [0, 0.1) is 0 Å². The van der Waals surface area contributed by atoms with Crippen LogP contribution in [0.4, 0.5) is 29.2 Å². The van der Waals surface area contributed by atoms with E-state index in [4.69, 9.17) is 32.7 Å². The molecule has 41 heavy (non-hydrogen) atoms. The average Bonchev–Trinajstić information content (AvgIpc) is 2.98. The van der Waals surface area contributed by atoms with Crippen molar-refractivity contribution in [1.82, 2.24) is 15.0 Å². The van der Waals surface area contributed by atoms with Gasteiger partial charge in [-0.05, 0) is 60.2 Å². The second-order valence-corrected chi connectivity index (χ2v) is 9.44. The maximum atomic E-state index is 6.29. The Labute approximate surface area is 247 Å². The Balaban J connectivity index is 1.32. The lowest BCUT2D eigenvalue weighted by Crippen LogP contribution is -2.07. The maximum absolute atomic E-state index is 6.29. The first-order valence-corrected chi connectivity index (χ1v) is 13.3. The molecule has 0 bridgehead atoms. The Kier molecular flexibility index (Phi) is 9.10. The molecule has 0 aliphatic heterocycles. The summed E-state index contributed by atoms with van der Waals surface area (Å²) >= 11 is 12.3. The van der Waals surface area contributed by atoms with Crippen LogP contribution in [0.3, 0.4) is 0 Å². The van der Waals surface area contributed by atoms with Gasteiger partial charge >= 0.3 is 0 Å². The van der Waals surface area contributed by atoms with Crippen LogP contribution in [0.15, 0.2) is 102 Å². The van der Waals surface area contributed by atoms with Crippen molar-refractivity contribution in [3.8, 4) is 11.5 Å². The molecule has 1 aromatic heterocycles. The second-order valence-electron chi connectivity index (χ2n) is 8.59. The summed E-state index contributed by atoms with van der Waals surface area (Å²) in [6.45, 7) is 0.241. The highest BCUT2D eigenvalue weighted by Crippen LogP contribution is 2.30. The third-order valence-corrected chi connectivity index (χ3v) is 6.25. The number of ether oxygens (including phenoxy) is 2. The van der Waals surface area contributed by atoms with Gasteiger partial charge in [-0.25, -0.2) is 5.43 Å². The monoisotopic (exact) mass is 585 g/mol. The van der Waals surface area contributed by atoms with Gasteiger partial charge in [0.2, 0.25) is 17.8 Å². The van der Waals surface area contributed by atoms with Gasteiger partial charge in [0.05, 0.1) is 13.3 Å². The van der Waals surface area contributed by atoms with Gasteiger partial charge in [0.15, 0.2) is 11.5 Å². The van der Waals surface area contributed by atoms with Crippen molar-refractivity contribution >= 4 is 58.6 Å². The number of halogens is 2. The fraction of sp³-hybridized carbons (Fsp3) is 0.0667. The first kappa shape index (κ1) is 27.7. The van der Waals surface area contributed by atoms with Gasteiger partial charge in [0.1, 0.15) is 6.61 Å².